The standard InChI is InChI=1S/C20H22ClN3O2S/c21-15-5-7-16(8-6-15)27-18-4-2-1-3-17(18)23-19(25)13-24-11-9-14(10-12-24)20(22)26/h1-8,14H,9-13H2,(H2,22,26)(H,23,25)/p+1. The molecule has 5 nitrogen and oxygen atoms in total. The summed E-state index contributed by atoms with van der Waals surface area (Å²) in [6, 6.07) is 15.4. The van der Waals surface area contributed by atoms with Crippen molar-refractivity contribution in [2.75, 3.05) is 25.0 Å². The predicted molar refractivity (Wildman–Crippen MR) is 108 cm³/mol. The van der Waals surface area contributed by atoms with Gasteiger partial charge in [-0.05, 0) is 36.4 Å². The minimum Gasteiger partial charge on any atom is -0.369 e. The van der Waals surface area contributed by atoms with Gasteiger partial charge in [0.05, 0.1) is 18.8 Å². The number of para-hydroxylation sites is 1. The highest BCUT2D eigenvalue weighted by molar-refractivity contribution is 7.99. The van der Waals surface area contributed by atoms with Crippen molar-refractivity contribution in [2.45, 2.75) is 22.6 Å². The van der Waals surface area contributed by atoms with Crippen LogP contribution in [0.4, 0.5) is 5.69 Å². The molecule has 1 fully saturated rings. The third kappa shape index (κ3) is 5.73. The van der Waals surface area contributed by atoms with E-state index in [1.165, 1.54) is 4.90 Å². The molecule has 7 heteroatoms. The normalized spacial score (nSPS) is 19.4. The van der Waals surface area contributed by atoms with Crippen LogP contribution in [-0.2, 0) is 9.59 Å². The van der Waals surface area contributed by atoms with E-state index in [1.807, 2.05) is 48.5 Å². The van der Waals surface area contributed by atoms with Crippen molar-refractivity contribution >= 4 is 40.9 Å². The summed E-state index contributed by atoms with van der Waals surface area (Å²) in [7, 11) is 0. The molecule has 1 heterocycles. The molecular formula is C20H23ClN3O2S+. The van der Waals surface area contributed by atoms with Crippen molar-refractivity contribution in [3.63, 3.8) is 0 Å². The van der Waals surface area contributed by atoms with Crippen LogP contribution in [0.15, 0.2) is 58.3 Å². The van der Waals surface area contributed by atoms with E-state index in [0.717, 1.165) is 41.4 Å². The first-order valence-electron chi connectivity index (χ1n) is 8.96. The molecule has 2 amide bonds. The van der Waals surface area contributed by atoms with Crippen molar-refractivity contribution in [1.29, 1.82) is 0 Å². The highest BCUT2D eigenvalue weighted by Crippen LogP contribution is 2.33. The van der Waals surface area contributed by atoms with Gasteiger partial charge in [-0.3, -0.25) is 9.59 Å². The molecule has 0 radical (unpaired) electrons. The van der Waals surface area contributed by atoms with Crippen molar-refractivity contribution in [2.24, 2.45) is 11.7 Å². The highest BCUT2D eigenvalue weighted by atomic mass is 35.5. The van der Waals surface area contributed by atoms with Crippen LogP contribution in [0.5, 0.6) is 0 Å². The number of benzene rings is 2. The number of likely N-dealkylation sites (tertiary alicyclic amines) is 1. The van der Waals surface area contributed by atoms with Gasteiger partial charge in [0.15, 0.2) is 6.54 Å². The maximum Gasteiger partial charge on any atom is 0.279 e. The van der Waals surface area contributed by atoms with Crippen molar-refractivity contribution in [3.8, 4) is 0 Å². The second kappa shape index (κ2) is 9.26. The van der Waals surface area contributed by atoms with Crippen LogP contribution in [0, 0.1) is 5.92 Å². The maximum absolute atomic E-state index is 12.5. The molecule has 142 valence electrons. The smallest absolute Gasteiger partial charge is 0.279 e. The molecule has 2 aromatic rings. The second-order valence-corrected chi connectivity index (χ2v) is 8.26. The lowest BCUT2D eigenvalue weighted by atomic mass is 9.96. The van der Waals surface area contributed by atoms with Gasteiger partial charge in [-0.15, -0.1) is 0 Å². The lowest BCUT2D eigenvalue weighted by molar-refractivity contribution is -0.897. The number of piperidine rings is 1. The summed E-state index contributed by atoms with van der Waals surface area (Å²) in [5.41, 5.74) is 6.17. The molecule has 3 rings (SSSR count). The Kier molecular flexibility index (Phi) is 6.77. The van der Waals surface area contributed by atoms with Crippen LogP contribution in [0.2, 0.25) is 5.02 Å². The average molecular weight is 405 g/mol. The summed E-state index contributed by atoms with van der Waals surface area (Å²) in [5, 5.41) is 3.72. The van der Waals surface area contributed by atoms with Crippen molar-refractivity contribution < 1.29 is 14.5 Å². The summed E-state index contributed by atoms with van der Waals surface area (Å²) >= 11 is 7.52. The number of carbonyl (C=O) groups excluding carboxylic acids is 2. The predicted octanol–water partition coefficient (Wildman–Crippen LogP) is 2.21. The fraction of sp³-hybridized carbons (Fsp3) is 0.300. The zero-order valence-electron chi connectivity index (χ0n) is 14.9. The topological polar surface area (TPSA) is 76.6 Å². The largest absolute Gasteiger partial charge is 0.369 e. The van der Waals surface area contributed by atoms with E-state index in [2.05, 4.69) is 5.32 Å². The number of carbonyl (C=O) groups is 2. The van der Waals surface area contributed by atoms with Gasteiger partial charge in [0.1, 0.15) is 0 Å². The van der Waals surface area contributed by atoms with Gasteiger partial charge in [0.2, 0.25) is 5.91 Å². The van der Waals surface area contributed by atoms with Gasteiger partial charge < -0.3 is 16.0 Å². The Labute approximate surface area is 168 Å². The zero-order valence-corrected chi connectivity index (χ0v) is 16.5. The van der Waals surface area contributed by atoms with Crippen molar-refractivity contribution in [3.05, 3.63) is 53.6 Å². The van der Waals surface area contributed by atoms with E-state index < -0.39 is 0 Å². The Morgan fingerprint density at radius 2 is 1.78 bits per heavy atom. The van der Waals surface area contributed by atoms with E-state index in [1.54, 1.807) is 11.8 Å². The number of rotatable bonds is 6. The van der Waals surface area contributed by atoms with Crippen LogP contribution in [0.1, 0.15) is 12.8 Å². The van der Waals surface area contributed by atoms with E-state index in [4.69, 9.17) is 17.3 Å². The lowest BCUT2D eigenvalue weighted by Gasteiger charge is -2.27. The molecule has 1 aliphatic heterocycles. The van der Waals surface area contributed by atoms with Gasteiger partial charge in [-0.25, -0.2) is 0 Å². The van der Waals surface area contributed by atoms with E-state index >= 15 is 0 Å². The molecule has 0 bridgehead atoms. The molecule has 0 atom stereocenters. The van der Waals surface area contributed by atoms with Crippen LogP contribution in [0.3, 0.4) is 0 Å². The Morgan fingerprint density at radius 1 is 1.11 bits per heavy atom. The summed E-state index contributed by atoms with van der Waals surface area (Å²) in [6.07, 6.45) is 1.50. The van der Waals surface area contributed by atoms with Gasteiger partial charge in [0, 0.05) is 33.6 Å². The number of hydrogen-bond acceptors (Lipinski definition) is 3. The summed E-state index contributed by atoms with van der Waals surface area (Å²) in [5.74, 6) is -0.299. The maximum atomic E-state index is 12.5. The third-order valence-electron chi connectivity index (χ3n) is 4.71. The molecule has 1 aliphatic rings. The van der Waals surface area contributed by atoms with Crippen LogP contribution >= 0.6 is 23.4 Å². The molecule has 0 unspecified atom stereocenters. The number of nitrogens with one attached hydrogen (secondary N) is 2. The number of nitrogens with two attached hydrogens (primary N) is 1. The SMILES string of the molecule is NC(=O)C1CC[NH+](CC(=O)Nc2ccccc2Sc2ccc(Cl)cc2)CC1. The summed E-state index contributed by atoms with van der Waals surface area (Å²) in [6.45, 7) is 1.98. The number of hydrogen-bond donors (Lipinski definition) is 3. The van der Waals surface area contributed by atoms with Crippen LogP contribution < -0.4 is 16.0 Å². The van der Waals surface area contributed by atoms with Crippen LogP contribution in [-0.4, -0.2) is 31.4 Å². The Bertz CT molecular complexity index is 805. The van der Waals surface area contributed by atoms with E-state index in [0.29, 0.717) is 11.6 Å². The first-order valence-corrected chi connectivity index (χ1v) is 10.2. The highest BCUT2D eigenvalue weighted by Gasteiger charge is 2.27. The molecule has 2 aromatic carbocycles. The monoisotopic (exact) mass is 404 g/mol. The number of halogens is 1. The number of amides is 2. The molecule has 0 spiro atoms. The molecule has 0 saturated carbocycles. The fourth-order valence-electron chi connectivity index (χ4n) is 3.20. The van der Waals surface area contributed by atoms with Crippen LogP contribution in [0.25, 0.3) is 0 Å². The first kappa shape index (κ1) is 19.7. The Morgan fingerprint density at radius 3 is 2.44 bits per heavy atom. The Hall–Kier alpha value is -2.02. The zero-order chi connectivity index (χ0) is 19.2. The molecule has 1 saturated heterocycles. The fourth-order valence-corrected chi connectivity index (χ4v) is 4.23. The molecule has 4 N–H and O–H groups in total. The van der Waals surface area contributed by atoms with Gasteiger partial charge in [0.25, 0.3) is 5.91 Å². The molecule has 0 aromatic heterocycles. The first-order chi connectivity index (χ1) is 13.0. The van der Waals surface area contributed by atoms with Gasteiger partial charge in [-0.2, -0.15) is 0 Å². The third-order valence-corrected chi connectivity index (χ3v) is 6.04. The van der Waals surface area contributed by atoms with Crippen molar-refractivity contribution in [1.82, 2.24) is 0 Å². The van der Waals surface area contributed by atoms with Gasteiger partial charge in [-0.1, -0.05) is 35.5 Å². The minimum atomic E-state index is -0.230. The van der Waals surface area contributed by atoms with E-state index in [9.17, 15) is 9.59 Å². The summed E-state index contributed by atoms with van der Waals surface area (Å²) in [4.78, 5) is 27.0. The number of quaternary nitrogens is 1. The van der Waals surface area contributed by atoms with E-state index in [-0.39, 0.29) is 17.7 Å². The number of anilines is 1. The Balaban J connectivity index is 1.58. The summed E-state index contributed by atoms with van der Waals surface area (Å²) < 4.78 is 0. The molecular weight excluding hydrogens is 382 g/mol. The molecule has 27 heavy (non-hydrogen) atoms. The lowest BCUT2D eigenvalue weighted by Crippen LogP contribution is -3.14. The average Bonchev–Trinajstić information content (AvgIpc) is 2.65. The number of primary amides is 1. The quantitative estimate of drug-likeness (QED) is 0.690. The second-order valence-electron chi connectivity index (χ2n) is 6.70. The minimum absolute atomic E-state index is 0.0216. The molecule has 0 aliphatic carbocycles. The van der Waals surface area contributed by atoms with Gasteiger partial charge >= 0.3 is 0 Å².